The Morgan fingerprint density at radius 3 is 2.58 bits per heavy atom. The van der Waals surface area contributed by atoms with Gasteiger partial charge in [0.25, 0.3) is 5.91 Å². The first-order chi connectivity index (χ1) is 11.3. The summed E-state index contributed by atoms with van der Waals surface area (Å²) in [5.41, 5.74) is 1.33. The van der Waals surface area contributed by atoms with E-state index in [9.17, 15) is 14.4 Å². The van der Waals surface area contributed by atoms with E-state index in [0.29, 0.717) is 31.6 Å². The monoisotopic (exact) mass is 336 g/mol. The number of hydrogen-bond donors (Lipinski definition) is 1. The number of carboxylic acids is 1. The third kappa shape index (κ3) is 4.12. The molecule has 2 rings (SSSR count). The molecule has 2 heterocycles. The second kappa shape index (κ2) is 7.46. The van der Waals surface area contributed by atoms with Crippen molar-refractivity contribution in [1.29, 1.82) is 0 Å². The van der Waals surface area contributed by atoms with Gasteiger partial charge in [-0.1, -0.05) is 0 Å². The van der Waals surface area contributed by atoms with Crippen LogP contribution in [0.2, 0.25) is 0 Å². The van der Waals surface area contributed by atoms with E-state index in [2.05, 4.69) is 5.10 Å². The number of aryl methyl sites for hydroxylation is 2. The van der Waals surface area contributed by atoms with E-state index in [1.54, 1.807) is 22.7 Å². The van der Waals surface area contributed by atoms with Crippen molar-refractivity contribution in [2.45, 2.75) is 39.2 Å². The van der Waals surface area contributed by atoms with Crippen molar-refractivity contribution in [2.24, 2.45) is 7.05 Å². The van der Waals surface area contributed by atoms with Gasteiger partial charge < -0.3 is 14.9 Å². The molecule has 1 aliphatic heterocycles. The van der Waals surface area contributed by atoms with Gasteiger partial charge in [0.1, 0.15) is 6.54 Å². The van der Waals surface area contributed by atoms with Crippen LogP contribution in [-0.2, 0) is 16.6 Å². The van der Waals surface area contributed by atoms with Gasteiger partial charge in [-0.2, -0.15) is 5.10 Å². The molecule has 1 aromatic rings. The van der Waals surface area contributed by atoms with Crippen LogP contribution in [0, 0.1) is 6.92 Å². The standard InChI is InChI=1S/C16H24N4O4/c1-11-9-14(17-18(11)3)16(24)19-7-4-5-13(6-8-19)20(12(2)21)10-15(22)23/h9,13H,4-8,10H2,1-3H3,(H,22,23). The number of rotatable bonds is 4. The number of aromatic nitrogens is 2. The molecule has 8 nitrogen and oxygen atoms in total. The summed E-state index contributed by atoms with van der Waals surface area (Å²) in [5, 5.41) is 13.2. The quantitative estimate of drug-likeness (QED) is 0.871. The topological polar surface area (TPSA) is 95.7 Å². The van der Waals surface area contributed by atoms with E-state index in [1.807, 2.05) is 6.92 Å². The Labute approximate surface area is 141 Å². The molecular weight excluding hydrogens is 312 g/mol. The number of carbonyl (C=O) groups excluding carboxylic acids is 2. The summed E-state index contributed by atoms with van der Waals surface area (Å²) < 4.78 is 1.66. The zero-order valence-electron chi connectivity index (χ0n) is 14.4. The highest BCUT2D eigenvalue weighted by Gasteiger charge is 2.28. The van der Waals surface area contributed by atoms with E-state index >= 15 is 0 Å². The van der Waals surface area contributed by atoms with Crippen LogP contribution in [-0.4, -0.2) is 68.1 Å². The normalized spacial score (nSPS) is 18.1. The molecule has 1 N–H and O–H groups in total. The molecule has 8 heteroatoms. The van der Waals surface area contributed by atoms with Crippen LogP contribution in [0.5, 0.6) is 0 Å². The van der Waals surface area contributed by atoms with Crippen molar-refractivity contribution in [3.8, 4) is 0 Å². The lowest BCUT2D eigenvalue weighted by Gasteiger charge is -2.28. The van der Waals surface area contributed by atoms with Crippen LogP contribution in [0.15, 0.2) is 6.07 Å². The van der Waals surface area contributed by atoms with Crippen molar-refractivity contribution >= 4 is 17.8 Å². The molecule has 0 aliphatic carbocycles. The molecule has 1 saturated heterocycles. The van der Waals surface area contributed by atoms with Crippen molar-refractivity contribution < 1.29 is 19.5 Å². The lowest BCUT2D eigenvalue weighted by molar-refractivity contribution is -0.145. The Morgan fingerprint density at radius 2 is 2.04 bits per heavy atom. The maximum Gasteiger partial charge on any atom is 0.323 e. The second-order valence-electron chi connectivity index (χ2n) is 6.21. The molecule has 1 atom stereocenters. The van der Waals surface area contributed by atoms with Gasteiger partial charge in [0.05, 0.1) is 0 Å². The fraction of sp³-hybridized carbons (Fsp3) is 0.625. The Morgan fingerprint density at radius 1 is 1.33 bits per heavy atom. The van der Waals surface area contributed by atoms with E-state index in [-0.39, 0.29) is 24.4 Å². The van der Waals surface area contributed by atoms with Crippen molar-refractivity contribution in [3.63, 3.8) is 0 Å². The number of aliphatic carboxylic acids is 1. The van der Waals surface area contributed by atoms with Gasteiger partial charge in [0.15, 0.2) is 5.69 Å². The van der Waals surface area contributed by atoms with Crippen LogP contribution in [0.25, 0.3) is 0 Å². The fourth-order valence-electron chi connectivity index (χ4n) is 3.06. The van der Waals surface area contributed by atoms with Gasteiger partial charge in [0, 0.05) is 38.8 Å². The van der Waals surface area contributed by atoms with Crippen LogP contribution in [0.4, 0.5) is 0 Å². The number of amides is 2. The molecule has 1 aliphatic rings. The highest BCUT2D eigenvalue weighted by molar-refractivity contribution is 5.92. The largest absolute Gasteiger partial charge is 0.480 e. The summed E-state index contributed by atoms with van der Waals surface area (Å²) in [7, 11) is 1.79. The predicted molar refractivity (Wildman–Crippen MR) is 86.5 cm³/mol. The molecule has 0 saturated carbocycles. The average Bonchev–Trinajstić information content (AvgIpc) is 2.73. The fourth-order valence-corrected chi connectivity index (χ4v) is 3.06. The second-order valence-corrected chi connectivity index (χ2v) is 6.21. The van der Waals surface area contributed by atoms with E-state index in [1.165, 1.54) is 11.8 Å². The smallest absolute Gasteiger partial charge is 0.323 e. The molecule has 0 spiro atoms. The van der Waals surface area contributed by atoms with Gasteiger partial charge in [-0.25, -0.2) is 0 Å². The van der Waals surface area contributed by atoms with Gasteiger partial charge >= 0.3 is 5.97 Å². The highest BCUT2D eigenvalue weighted by atomic mass is 16.4. The summed E-state index contributed by atoms with van der Waals surface area (Å²) in [5.74, 6) is -1.39. The third-order valence-corrected chi connectivity index (χ3v) is 4.47. The lowest BCUT2D eigenvalue weighted by Crippen LogP contribution is -2.43. The molecule has 2 amide bonds. The van der Waals surface area contributed by atoms with Gasteiger partial charge in [-0.05, 0) is 32.3 Å². The summed E-state index contributed by atoms with van der Waals surface area (Å²) in [6.07, 6.45) is 1.99. The maximum atomic E-state index is 12.6. The number of hydrogen-bond acceptors (Lipinski definition) is 4. The zero-order valence-corrected chi connectivity index (χ0v) is 14.4. The summed E-state index contributed by atoms with van der Waals surface area (Å²) >= 11 is 0. The van der Waals surface area contributed by atoms with Crippen molar-refractivity contribution in [1.82, 2.24) is 19.6 Å². The molecule has 1 fully saturated rings. The maximum absolute atomic E-state index is 12.6. The van der Waals surface area contributed by atoms with Crippen molar-refractivity contribution in [3.05, 3.63) is 17.5 Å². The van der Waals surface area contributed by atoms with E-state index in [4.69, 9.17) is 5.11 Å². The minimum Gasteiger partial charge on any atom is -0.480 e. The Bertz CT molecular complexity index is 621. The molecule has 0 bridgehead atoms. The lowest BCUT2D eigenvalue weighted by atomic mass is 10.1. The van der Waals surface area contributed by atoms with Crippen LogP contribution in [0.1, 0.15) is 42.4 Å². The summed E-state index contributed by atoms with van der Waals surface area (Å²) in [6.45, 7) is 4.05. The van der Waals surface area contributed by atoms with Gasteiger partial charge in [0.2, 0.25) is 5.91 Å². The first-order valence-corrected chi connectivity index (χ1v) is 8.08. The van der Waals surface area contributed by atoms with Crippen molar-refractivity contribution in [2.75, 3.05) is 19.6 Å². The summed E-state index contributed by atoms with van der Waals surface area (Å²) in [6, 6.07) is 1.61. The zero-order chi connectivity index (χ0) is 17.9. The minimum absolute atomic E-state index is 0.119. The third-order valence-electron chi connectivity index (χ3n) is 4.47. The molecular formula is C16H24N4O4. The molecule has 0 radical (unpaired) electrons. The van der Waals surface area contributed by atoms with Gasteiger partial charge in [-0.3, -0.25) is 19.1 Å². The van der Waals surface area contributed by atoms with Crippen LogP contribution in [0.3, 0.4) is 0 Å². The Kier molecular flexibility index (Phi) is 5.58. The number of likely N-dealkylation sites (tertiary alicyclic amines) is 1. The number of carbonyl (C=O) groups is 3. The minimum atomic E-state index is -1.02. The molecule has 1 unspecified atom stereocenters. The van der Waals surface area contributed by atoms with Gasteiger partial charge in [-0.15, -0.1) is 0 Å². The first-order valence-electron chi connectivity index (χ1n) is 8.08. The van der Waals surface area contributed by atoms with E-state index < -0.39 is 5.97 Å². The predicted octanol–water partition coefficient (Wildman–Crippen LogP) is 0.656. The molecule has 132 valence electrons. The average molecular weight is 336 g/mol. The van der Waals surface area contributed by atoms with Crippen LogP contribution < -0.4 is 0 Å². The molecule has 0 aromatic carbocycles. The Balaban J connectivity index is 2.05. The molecule has 1 aromatic heterocycles. The SMILES string of the molecule is CC(=O)N(CC(=O)O)C1CCCN(C(=O)c2cc(C)n(C)n2)CC1. The van der Waals surface area contributed by atoms with Crippen LogP contribution >= 0.6 is 0 Å². The Hall–Kier alpha value is -2.38. The number of carboxylic acid groups (broad SMARTS) is 1. The summed E-state index contributed by atoms with van der Waals surface area (Å²) in [4.78, 5) is 38.4. The first kappa shape index (κ1) is 18.0. The number of nitrogens with zero attached hydrogens (tertiary/aromatic N) is 4. The van der Waals surface area contributed by atoms with E-state index in [0.717, 1.165) is 12.1 Å². The highest BCUT2D eigenvalue weighted by Crippen LogP contribution is 2.19. The molecule has 24 heavy (non-hydrogen) atoms.